The Hall–Kier alpha value is -0.905. The summed E-state index contributed by atoms with van der Waals surface area (Å²) in [4.78, 5) is 11.6. The second-order valence-electron chi connectivity index (χ2n) is 3.58. The lowest BCUT2D eigenvalue weighted by atomic mass is 9.69. The molecule has 82 valence electrons. The highest BCUT2D eigenvalue weighted by atomic mass is 16.5. The van der Waals surface area contributed by atoms with Gasteiger partial charge in [-0.25, -0.2) is 0 Å². The summed E-state index contributed by atoms with van der Waals surface area (Å²) in [5.41, 5.74) is 0.0703. The molecule has 2 atom stereocenters. The van der Waals surface area contributed by atoms with Gasteiger partial charge in [-0.15, -0.1) is 6.58 Å². The first-order valence-electron chi connectivity index (χ1n) is 4.90. The molecule has 0 fully saturated rings. The van der Waals surface area contributed by atoms with E-state index in [1.165, 1.54) is 6.08 Å². The third-order valence-electron chi connectivity index (χ3n) is 2.53. The second-order valence-corrected chi connectivity index (χ2v) is 3.58. The van der Waals surface area contributed by atoms with E-state index in [9.17, 15) is 4.79 Å². The van der Waals surface area contributed by atoms with Crippen molar-refractivity contribution in [2.24, 2.45) is 5.92 Å². The molecule has 4 nitrogen and oxygen atoms in total. The van der Waals surface area contributed by atoms with Gasteiger partial charge in [-0.1, -0.05) is 19.1 Å². The van der Waals surface area contributed by atoms with Crippen LogP contribution in [0.25, 0.3) is 0 Å². The Balaban J connectivity index is 2.70. The van der Waals surface area contributed by atoms with Crippen LogP contribution in [0.5, 0.6) is 0 Å². The van der Waals surface area contributed by atoms with Crippen molar-refractivity contribution in [1.29, 1.82) is 0 Å². The zero-order valence-electron chi connectivity index (χ0n) is 8.72. The summed E-state index contributed by atoms with van der Waals surface area (Å²) in [5, 5.41) is 17.9. The third kappa shape index (κ3) is 2.78. The maximum atomic E-state index is 11.6. The average Bonchev–Trinajstić information content (AvgIpc) is 2.20. The molecule has 0 aromatic heterocycles. The van der Waals surface area contributed by atoms with Crippen LogP contribution in [0.2, 0.25) is 0 Å². The van der Waals surface area contributed by atoms with Crippen molar-refractivity contribution in [2.75, 3.05) is 6.61 Å². The molecule has 0 radical (unpaired) electrons. The Kier molecular flexibility index (Phi) is 4.26. The number of allylic oxidation sites excluding steroid dienone is 1. The molecule has 1 rings (SSSR count). The lowest BCUT2D eigenvalue weighted by molar-refractivity contribution is -0.123. The molecule has 5 heteroatoms. The number of ether oxygens (including phenoxy) is 1. The molecule has 0 aromatic rings. The number of hydrogen-bond acceptors (Lipinski definition) is 4. The highest BCUT2D eigenvalue weighted by Crippen LogP contribution is 2.23. The maximum Gasteiger partial charge on any atom is 0.491 e. The zero-order chi connectivity index (χ0) is 11.4. The first-order chi connectivity index (χ1) is 7.07. The lowest BCUT2D eigenvalue weighted by Gasteiger charge is -2.27. The first kappa shape index (κ1) is 12.2. The smallest absolute Gasteiger partial charge is 0.423 e. The van der Waals surface area contributed by atoms with Gasteiger partial charge in [-0.05, 0) is 6.42 Å². The van der Waals surface area contributed by atoms with Gasteiger partial charge >= 0.3 is 7.12 Å². The second kappa shape index (κ2) is 5.25. The molecule has 0 amide bonds. The molecule has 0 saturated heterocycles. The van der Waals surface area contributed by atoms with Crippen molar-refractivity contribution in [3.05, 3.63) is 24.2 Å². The van der Waals surface area contributed by atoms with Crippen molar-refractivity contribution >= 4 is 12.9 Å². The highest BCUT2D eigenvalue weighted by molar-refractivity contribution is 6.59. The predicted molar refractivity (Wildman–Crippen MR) is 57.0 cm³/mol. The third-order valence-corrected chi connectivity index (χ3v) is 2.53. The van der Waals surface area contributed by atoms with Crippen LogP contribution < -0.4 is 0 Å². The van der Waals surface area contributed by atoms with E-state index in [4.69, 9.17) is 14.8 Å². The minimum atomic E-state index is -1.68. The van der Waals surface area contributed by atoms with Crippen molar-refractivity contribution < 1.29 is 19.6 Å². The van der Waals surface area contributed by atoms with Crippen LogP contribution in [0.4, 0.5) is 0 Å². The van der Waals surface area contributed by atoms with Gasteiger partial charge in [0.1, 0.15) is 0 Å². The number of carbonyl (C=O) groups is 1. The number of rotatable bonds is 4. The molecule has 2 N–H and O–H groups in total. The Morgan fingerprint density at radius 3 is 2.93 bits per heavy atom. The normalized spacial score (nSPS) is 26.1. The van der Waals surface area contributed by atoms with Gasteiger partial charge in [0.15, 0.2) is 5.78 Å². The Morgan fingerprint density at radius 2 is 2.40 bits per heavy atom. The van der Waals surface area contributed by atoms with Crippen LogP contribution in [0.1, 0.15) is 13.3 Å². The minimum absolute atomic E-state index is 0.0703. The molecule has 1 aliphatic rings. The molecule has 0 saturated carbocycles. The van der Waals surface area contributed by atoms with Gasteiger partial charge in [-0.3, -0.25) is 4.79 Å². The summed E-state index contributed by atoms with van der Waals surface area (Å²) in [6.45, 7) is 5.65. The topological polar surface area (TPSA) is 66.8 Å². The van der Waals surface area contributed by atoms with Gasteiger partial charge in [0.05, 0.1) is 12.7 Å². The van der Waals surface area contributed by atoms with Gasteiger partial charge in [0.2, 0.25) is 0 Å². The summed E-state index contributed by atoms with van der Waals surface area (Å²) in [7, 11) is -1.68. The van der Waals surface area contributed by atoms with Crippen LogP contribution in [-0.4, -0.2) is 35.7 Å². The summed E-state index contributed by atoms with van der Waals surface area (Å²) in [5.74, 6) is -0.600. The van der Waals surface area contributed by atoms with Crippen molar-refractivity contribution in [3.63, 3.8) is 0 Å². The van der Waals surface area contributed by atoms with Crippen LogP contribution in [0.15, 0.2) is 24.2 Å². The fraction of sp³-hybridized carbons (Fsp3) is 0.500. The van der Waals surface area contributed by atoms with E-state index in [1.807, 2.05) is 0 Å². The first-order valence-corrected chi connectivity index (χ1v) is 4.90. The van der Waals surface area contributed by atoms with Gasteiger partial charge in [0.25, 0.3) is 0 Å². The average molecular weight is 210 g/mol. The quantitative estimate of drug-likeness (QED) is 0.510. The Labute approximate surface area is 89.4 Å². The monoisotopic (exact) mass is 210 g/mol. The van der Waals surface area contributed by atoms with E-state index in [1.54, 1.807) is 13.0 Å². The van der Waals surface area contributed by atoms with Crippen LogP contribution in [0.3, 0.4) is 0 Å². The van der Waals surface area contributed by atoms with E-state index < -0.39 is 7.12 Å². The SMILES string of the molecule is C=CCO[C@@H]1CC=C(B(O)O)C(=O)[C@@H]1C. The number of ketones is 1. The van der Waals surface area contributed by atoms with Crippen molar-refractivity contribution in [2.45, 2.75) is 19.4 Å². The highest BCUT2D eigenvalue weighted by Gasteiger charge is 2.34. The van der Waals surface area contributed by atoms with E-state index in [2.05, 4.69) is 6.58 Å². The molecule has 1 aliphatic carbocycles. The molecule has 0 unspecified atom stereocenters. The summed E-state index contributed by atoms with van der Waals surface area (Å²) in [6, 6.07) is 0. The van der Waals surface area contributed by atoms with Gasteiger partial charge in [-0.2, -0.15) is 0 Å². The number of hydrogen-bond donors (Lipinski definition) is 2. The molecular weight excluding hydrogens is 195 g/mol. The Bertz CT molecular complexity index is 285. The maximum absolute atomic E-state index is 11.6. The zero-order valence-corrected chi connectivity index (χ0v) is 8.72. The predicted octanol–water partition coefficient (Wildman–Crippen LogP) is 0.105. The standard InChI is InChI=1S/C10H15BO4/c1-3-6-15-9-5-4-8(11(13)14)10(12)7(9)2/h3-4,7,9,13-14H,1,5-6H2,2H3/t7-,9-/m1/s1. The molecule has 15 heavy (non-hydrogen) atoms. The van der Waals surface area contributed by atoms with E-state index >= 15 is 0 Å². The van der Waals surface area contributed by atoms with Crippen LogP contribution in [0, 0.1) is 5.92 Å². The van der Waals surface area contributed by atoms with Crippen molar-refractivity contribution in [1.82, 2.24) is 0 Å². The number of Topliss-reactive ketones (excluding diaryl/α,β-unsaturated/α-hetero) is 1. The largest absolute Gasteiger partial charge is 0.491 e. The molecule has 0 bridgehead atoms. The fourth-order valence-electron chi connectivity index (χ4n) is 1.62. The molecule has 0 heterocycles. The summed E-state index contributed by atoms with van der Waals surface area (Å²) >= 11 is 0. The van der Waals surface area contributed by atoms with Crippen LogP contribution in [-0.2, 0) is 9.53 Å². The molecule has 0 spiro atoms. The molecule has 0 aromatic carbocycles. The van der Waals surface area contributed by atoms with E-state index in [-0.39, 0.29) is 23.3 Å². The Morgan fingerprint density at radius 1 is 1.73 bits per heavy atom. The van der Waals surface area contributed by atoms with Gasteiger partial charge < -0.3 is 14.8 Å². The van der Waals surface area contributed by atoms with E-state index in [0.717, 1.165) is 0 Å². The molecule has 0 aliphatic heterocycles. The number of carbonyl (C=O) groups excluding carboxylic acids is 1. The lowest BCUT2D eigenvalue weighted by Crippen LogP contribution is -2.37. The fourth-order valence-corrected chi connectivity index (χ4v) is 1.62. The van der Waals surface area contributed by atoms with Crippen LogP contribution >= 0.6 is 0 Å². The van der Waals surface area contributed by atoms with Gasteiger partial charge in [0, 0.05) is 11.4 Å². The summed E-state index contributed by atoms with van der Waals surface area (Å²) < 4.78 is 5.40. The minimum Gasteiger partial charge on any atom is -0.423 e. The van der Waals surface area contributed by atoms with E-state index in [0.29, 0.717) is 13.0 Å². The molecular formula is C10H15BO4. The van der Waals surface area contributed by atoms with Crippen molar-refractivity contribution in [3.8, 4) is 0 Å². The summed E-state index contributed by atoms with van der Waals surface area (Å²) in [6.07, 6.45) is 3.48.